The van der Waals surface area contributed by atoms with Gasteiger partial charge < -0.3 is 10.5 Å². The summed E-state index contributed by atoms with van der Waals surface area (Å²) in [7, 11) is 1.31. The molecule has 1 aromatic carbocycles. The lowest BCUT2D eigenvalue weighted by atomic mass is 10.1. The highest BCUT2D eigenvalue weighted by atomic mass is 19.4. The van der Waals surface area contributed by atoms with Crippen LogP contribution in [-0.4, -0.2) is 21.7 Å². The molecule has 3 rings (SSSR count). The molecule has 0 unspecified atom stereocenters. The van der Waals surface area contributed by atoms with E-state index in [9.17, 15) is 13.2 Å². The van der Waals surface area contributed by atoms with Crippen molar-refractivity contribution >= 4 is 11.6 Å². The van der Waals surface area contributed by atoms with Gasteiger partial charge in [0, 0.05) is 5.56 Å². The van der Waals surface area contributed by atoms with Crippen LogP contribution in [0.3, 0.4) is 0 Å². The minimum atomic E-state index is -4.44. The van der Waals surface area contributed by atoms with Crippen LogP contribution in [0.25, 0.3) is 16.9 Å². The summed E-state index contributed by atoms with van der Waals surface area (Å²) in [6.45, 7) is 0. The number of aromatic nitrogens is 3. The van der Waals surface area contributed by atoms with Crippen LogP contribution >= 0.6 is 0 Å². The molecule has 0 radical (unpaired) electrons. The van der Waals surface area contributed by atoms with Crippen LogP contribution in [0.5, 0.6) is 5.75 Å². The molecule has 0 spiro atoms. The molecule has 0 saturated carbocycles. The van der Waals surface area contributed by atoms with Gasteiger partial charge in [-0.1, -0.05) is 6.07 Å². The Morgan fingerprint density at radius 1 is 1.18 bits per heavy atom. The van der Waals surface area contributed by atoms with Gasteiger partial charge in [-0.3, -0.25) is 0 Å². The molecule has 0 aliphatic rings. The highest BCUT2D eigenvalue weighted by Gasteiger charge is 2.31. The zero-order chi connectivity index (χ0) is 15.9. The van der Waals surface area contributed by atoms with Gasteiger partial charge in [-0.15, -0.1) is 5.10 Å². The van der Waals surface area contributed by atoms with Crippen molar-refractivity contribution in [2.24, 2.45) is 0 Å². The first kappa shape index (κ1) is 14.2. The second-order valence-corrected chi connectivity index (χ2v) is 4.56. The Labute approximate surface area is 123 Å². The molecule has 114 valence electrons. The van der Waals surface area contributed by atoms with Gasteiger partial charge in [0.15, 0.2) is 5.65 Å². The quantitative estimate of drug-likeness (QED) is 0.790. The zero-order valence-electron chi connectivity index (χ0n) is 11.4. The van der Waals surface area contributed by atoms with Crippen LogP contribution in [0.1, 0.15) is 5.56 Å². The number of alkyl halides is 3. The first-order valence-electron chi connectivity index (χ1n) is 6.27. The number of ether oxygens (including phenoxy) is 1. The van der Waals surface area contributed by atoms with E-state index in [-0.39, 0.29) is 11.7 Å². The number of methoxy groups -OCH3 is 1. The summed E-state index contributed by atoms with van der Waals surface area (Å²) in [5.41, 5.74) is 6.28. The molecule has 0 aliphatic carbocycles. The number of nitrogen functional groups attached to an aromatic ring is 1. The first-order chi connectivity index (χ1) is 10.4. The lowest BCUT2D eigenvalue weighted by Crippen LogP contribution is -2.06. The number of benzene rings is 1. The van der Waals surface area contributed by atoms with E-state index in [0.29, 0.717) is 16.9 Å². The van der Waals surface area contributed by atoms with E-state index < -0.39 is 11.7 Å². The summed E-state index contributed by atoms with van der Waals surface area (Å²) < 4.78 is 44.9. The van der Waals surface area contributed by atoms with Crippen LogP contribution in [0, 0.1) is 0 Å². The van der Waals surface area contributed by atoms with Crippen LogP contribution < -0.4 is 10.5 Å². The average Bonchev–Trinajstić information content (AvgIpc) is 2.85. The fourth-order valence-corrected chi connectivity index (χ4v) is 2.20. The number of fused-ring (bicyclic) bond motifs is 1. The summed E-state index contributed by atoms with van der Waals surface area (Å²) in [5.74, 6) is 0.176. The van der Waals surface area contributed by atoms with E-state index >= 15 is 0 Å². The molecule has 3 aromatic rings. The van der Waals surface area contributed by atoms with Gasteiger partial charge in [-0.25, -0.2) is 4.52 Å². The largest absolute Gasteiger partial charge is 0.496 e. The summed E-state index contributed by atoms with van der Waals surface area (Å²) in [6.07, 6.45) is -4.44. The molecule has 0 amide bonds. The second kappa shape index (κ2) is 4.90. The Balaban J connectivity index is 2.22. The van der Waals surface area contributed by atoms with E-state index in [1.807, 2.05) is 0 Å². The van der Waals surface area contributed by atoms with Crippen molar-refractivity contribution in [2.75, 3.05) is 12.8 Å². The van der Waals surface area contributed by atoms with Crippen molar-refractivity contribution in [3.8, 4) is 17.0 Å². The molecule has 2 heterocycles. The molecule has 0 bridgehead atoms. The Kier molecular flexibility index (Phi) is 3.16. The van der Waals surface area contributed by atoms with Crippen molar-refractivity contribution in [3.05, 3.63) is 42.0 Å². The van der Waals surface area contributed by atoms with Crippen LogP contribution in [-0.2, 0) is 6.18 Å². The van der Waals surface area contributed by atoms with Gasteiger partial charge in [0.25, 0.3) is 0 Å². The molecule has 5 nitrogen and oxygen atoms in total. The molecule has 0 atom stereocenters. The van der Waals surface area contributed by atoms with Gasteiger partial charge in [0.05, 0.1) is 18.4 Å². The van der Waals surface area contributed by atoms with Crippen molar-refractivity contribution < 1.29 is 17.9 Å². The SMILES string of the molecule is COc1cc(C(F)(F)F)ccc1-c1cccc2nc(N)nn12. The minimum absolute atomic E-state index is 0.0818. The number of halogens is 3. The average molecular weight is 308 g/mol. The summed E-state index contributed by atoms with van der Waals surface area (Å²) in [6, 6.07) is 8.41. The molecular formula is C14H11F3N4O. The highest BCUT2D eigenvalue weighted by molar-refractivity contribution is 5.70. The zero-order valence-corrected chi connectivity index (χ0v) is 11.4. The van der Waals surface area contributed by atoms with Crippen LogP contribution in [0.2, 0.25) is 0 Å². The van der Waals surface area contributed by atoms with Gasteiger partial charge in [0.2, 0.25) is 5.95 Å². The molecule has 0 saturated heterocycles. The third kappa shape index (κ3) is 2.32. The maximum Gasteiger partial charge on any atom is 0.416 e. The molecule has 0 fully saturated rings. The number of anilines is 1. The third-order valence-corrected chi connectivity index (χ3v) is 3.18. The lowest BCUT2D eigenvalue weighted by molar-refractivity contribution is -0.137. The maximum atomic E-state index is 12.8. The normalized spacial score (nSPS) is 11.8. The maximum absolute atomic E-state index is 12.8. The summed E-state index contributed by atoms with van der Waals surface area (Å²) in [5, 5.41) is 4.04. The van der Waals surface area contributed by atoms with E-state index in [4.69, 9.17) is 10.5 Å². The Hall–Kier alpha value is -2.77. The summed E-state index contributed by atoms with van der Waals surface area (Å²) >= 11 is 0. The highest BCUT2D eigenvalue weighted by Crippen LogP contribution is 2.37. The molecule has 2 aromatic heterocycles. The number of hydrogen-bond donors (Lipinski definition) is 1. The van der Waals surface area contributed by atoms with Crippen LogP contribution in [0.15, 0.2) is 36.4 Å². The lowest BCUT2D eigenvalue weighted by Gasteiger charge is -2.13. The van der Waals surface area contributed by atoms with Gasteiger partial charge >= 0.3 is 6.18 Å². The van der Waals surface area contributed by atoms with Gasteiger partial charge in [-0.05, 0) is 30.3 Å². The topological polar surface area (TPSA) is 65.4 Å². The number of rotatable bonds is 2. The van der Waals surface area contributed by atoms with E-state index in [2.05, 4.69) is 10.1 Å². The van der Waals surface area contributed by atoms with Crippen molar-refractivity contribution in [2.45, 2.75) is 6.18 Å². The standard InChI is InChI=1S/C14H11F3N4O/c1-22-11-7-8(14(15,16)17)5-6-9(11)10-3-2-4-12-19-13(18)20-21(10)12/h2-7H,1H3,(H2,18,20). The number of pyridine rings is 1. The Morgan fingerprint density at radius 2 is 1.95 bits per heavy atom. The number of nitrogens with two attached hydrogens (primary N) is 1. The predicted molar refractivity (Wildman–Crippen MR) is 74.4 cm³/mol. The first-order valence-corrected chi connectivity index (χ1v) is 6.27. The smallest absolute Gasteiger partial charge is 0.416 e. The van der Waals surface area contributed by atoms with E-state index in [0.717, 1.165) is 12.1 Å². The molecule has 2 N–H and O–H groups in total. The van der Waals surface area contributed by atoms with Crippen molar-refractivity contribution in [1.82, 2.24) is 14.6 Å². The van der Waals surface area contributed by atoms with Crippen molar-refractivity contribution in [1.29, 1.82) is 0 Å². The van der Waals surface area contributed by atoms with Crippen molar-refractivity contribution in [3.63, 3.8) is 0 Å². The van der Waals surface area contributed by atoms with E-state index in [1.165, 1.54) is 17.7 Å². The number of hydrogen-bond acceptors (Lipinski definition) is 4. The third-order valence-electron chi connectivity index (χ3n) is 3.18. The fourth-order valence-electron chi connectivity index (χ4n) is 2.20. The monoisotopic (exact) mass is 308 g/mol. The van der Waals surface area contributed by atoms with Gasteiger partial charge in [-0.2, -0.15) is 18.2 Å². The predicted octanol–water partition coefficient (Wildman–Crippen LogP) is 3.01. The summed E-state index contributed by atoms with van der Waals surface area (Å²) in [4.78, 5) is 4.02. The Bertz CT molecular complexity index is 842. The second-order valence-electron chi connectivity index (χ2n) is 4.56. The molecule has 0 aliphatic heterocycles. The molecule has 22 heavy (non-hydrogen) atoms. The van der Waals surface area contributed by atoms with Crippen LogP contribution in [0.4, 0.5) is 19.1 Å². The van der Waals surface area contributed by atoms with E-state index in [1.54, 1.807) is 18.2 Å². The molecule has 8 heteroatoms. The van der Waals surface area contributed by atoms with Gasteiger partial charge in [0.1, 0.15) is 5.75 Å². The minimum Gasteiger partial charge on any atom is -0.496 e. The number of nitrogens with zero attached hydrogens (tertiary/aromatic N) is 3. The fraction of sp³-hybridized carbons (Fsp3) is 0.143. The Morgan fingerprint density at radius 3 is 2.64 bits per heavy atom. The molecular weight excluding hydrogens is 297 g/mol.